The van der Waals surface area contributed by atoms with Gasteiger partial charge < -0.3 is 14.9 Å². The average Bonchev–Trinajstić information content (AvgIpc) is 2.77. The summed E-state index contributed by atoms with van der Waals surface area (Å²) in [4.78, 5) is 15.3. The van der Waals surface area contributed by atoms with Crippen LogP contribution in [0.4, 0.5) is 0 Å². The van der Waals surface area contributed by atoms with Crippen LogP contribution in [0, 0.1) is 0 Å². The summed E-state index contributed by atoms with van der Waals surface area (Å²) in [5.41, 5.74) is 3.53. The Morgan fingerprint density at radius 3 is 1.13 bits per heavy atom. The number of hydrogen-bond donors (Lipinski definition) is 3. The number of phenols is 1. The highest BCUT2D eigenvalue weighted by Crippen LogP contribution is 2.40. The highest BCUT2D eigenvalue weighted by molar-refractivity contribution is 7.50. The normalized spacial score (nSPS) is 12.4. The first-order valence-corrected chi connectivity index (χ1v) is 17.5. The zero-order valence-corrected chi connectivity index (χ0v) is 27.3. The quantitative estimate of drug-likeness (QED) is 0.132. The maximum Gasteiger partial charge on any atom is 0.322 e. The zero-order valence-electron chi connectivity index (χ0n) is 26.4. The number of unbranched alkanes of at least 4 members (excludes halogenated alkanes) is 15. The minimum absolute atomic E-state index is 0.0330. The van der Waals surface area contributed by atoms with Gasteiger partial charge in [-0.2, -0.15) is 0 Å². The second kappa shape index (κ2) is 19.3. The molecule has 0 aliphatic carbocycles. The molecule has 0 atom stereocenters. The molecule has 0 saturated heterocycles. The van der Waals surface area contributed by atoms with Crippen LogP contribution < -0.4 is 0 Å². The number of hydrogen-bond acceptors (Lipinski definition) is 2. The molecule has 5 heteroatoms. The predicted molar refractivity (Wildman–Crippen MR) is 167 cm³/mol. The van der Waals surface area contributed by atoms with Gasteiger partial charge in [-0.15, -0.1) is 0 Å². The van der Waals surface area contributed by atoms with Crippen molar-refractivity contribution in [2.24, 2.45) is 0 Å². The molecule has 3 N–H and O–H groups in total. The molecule has 0 spiro atoms. The number of aromatic hydroxyl groups is 1. The fraction of sp³-hybridized carbons (Fsp3) is 0.818. The van der Waals surface area contributed by atoms with Crippen LogP contribution in [0.15, 0.2) is 12.1 Å². The van der Waals surface area contributed by atoms with Crippen LogP contribution >= 0.6 is 7.60 Å². The third-order valence-electron chi connectivity index (χ3n) is 7.10. The van der Waals surface area contributed by atoms with Crippen LogP contribution in [0.1, 0.15) is 168 Å². The third-order valence-corrected chi connectivity index (χ3v) is 7.10. The largest absolute Gasteiger partial charge is 0.507 e. The van der Waals surface area contributed by atoms with Crippen molar-refractivity contribution >= 4 is 7.60 Å². The van der Waals surface area contributed by atoms with E-state index in [0.717, 1.165) is 24.2 Å². The fourth-order valence-corrected chi connectivity index (χ4v) is 4.86. The Morgan fingerprint density at radius 2 is 0.868 bits per heavy atom. The van der Waals surface area contributed by atoms with Crippen LogP contribution in [-0.4, -0.2) is 21.6 Å². The molecule has 0 aromatic heterocycles. The number of benzene rings is 1. The minimum atomic E-state index is -3.64. The molecule has 0 radical (unpaired) electrons. The summed E-state index contributed by atoms with van der Waals surface area (Å²) in [6.07, 6.45) is 23.7. The van der Waals surface area contributed by atoms with Gasteiger partial charge >= 0.3 is 7.60 Å². The summed E-state index contributed by atoms with van der Waals surface area (Å²) in [6, 6.07) is 4.52. The summed E-state index contributed by atoms with van der Waals surface area (Å²) in [5.74, 6) is 0.505. The third kappa shape index (κ3) is 20.1. The number of phenolic OH excluding ortho intramolecular Hbond substituents is 1. The van der Waals surface area contributed by atoms with Gasteiger partial charge in [-0.05, 0) is 40.4 Å². The van der Waals surface area contributed by atoms with E-state index in [2.05, 4.69) is 60.6 Å². The van der Waals surface area contributed by atoms with Crippen LogP contribution in [0.2, 0.25) is 0 Å². The molecule has 224 valence electrons. The molecule has 0 aliphatic rings. The molecule has 0 bridgehead atoms. The van der Waals surface area contributed by atoms with Gasteiger partial charge in [0.05, 0.1) is 0 Å². The molecule has 0 unspecified atom stereocenters. The Labute approximate surface area is 236 Å². The molecule has 0 amide bonds. The SMILES string of the molecule is CCCCCCCCCCCCCCCCCCc1cc(C(C)(C)C)c(O)c(C(C)(C)C)c1.CP(=O)(O)O. The smallest absolute Gasteiger partial charge is 0.322 e. The van der Waals surface area contributed by atoms with Crippen molar-refractivity contribution in [3.63, 3.8) is 0 Å². The summed E-state index contributed by atoms with van der Waals surface area (Å²) in [6.45, 7) is 16.4. The van der Waals surface area contributed by atoms with Crippen molar-refractivity contribution in [2.45, 2.75) is 168 Å². The molecule has 1 aromatic rings. The van der Waals surface area contributed by atoms with Crippen molar-refractivity contribution in [1.82, 2.24) is 0 Å². The first-order chi connectivity index (χ1) is 17.6. The van der Waals surface area contributed by atoms with Gasteiger partial charge in [0.1, 0.15) is 5.75 Å². The van der Waals surface area contributed by atoms with Crippen molar-refractivity contribution < 1.29 is 19.5 Å². The topological polar surface area (TPSA) is 77.8 Å². The van der Waals surface area contributed by atoms with Gasteiger partial charge in [0, 0.05) is 6.66 Å². The van der Waals surface area contributed by atoms with E-state index in [9.17, 15) is 9.67 Å². The van der Waals surface area contributed by atoms with Crippen molar-refractivity contribution in [3.8, 4) is 5.75 Å². The lowest BCUT2D eigenvalue weighted by Gasteiger charge is -2.28. The second-order valence-corrected chi connectivity index (χ2v) is 15.1. The Kier molecular flexibility index (Phi) is 18.9. The molecule has 0 fully saturated rings. The maximum atomic E-state index is 10.9. The van der Waals surface area contributed by atoms with E-state index >= 15 is 0 Å². The molecular weight excluding hydrogens is 491 g/mol. The Morgan fingerprint density at radius 1 is 0.605 bits per heavy atom. The Balaban J connectivity index is 0.00000249. The molecular formula is C33H63O4P. The highest BCUT2D eigenvalue weighted by Gasteiger charge is 2.26. The summed E-state index contributed by atoms with van der Waals surface area (Å²) < 4.78 is 9.33. The lowest BCUT2D eigenvalue weighted by Crippen LogP contribution is -2.18. The molecule has 0 heterocycles. The highest BCUT2D eigenvalue weighted by atomic mass is 31.2. The first-order valence-electron chi connectivity index (χ1n) is 15.5. The van der Waals surface area contributed by atoms with Crippen molar-refractivity contribution in [2.75, 3.05) is 6.66 Å². The lowest BCUT2D eigenvalue weighted by molar-refractivity contribution is 0.381. The van der Waals surface area contributed by atoms with Crippen LogP contribution in [0.3, 0.4) is 0 Å². The monoisotopic (exact) mass is 554 g/mol. The molecule has 38 heavy (non-hydrogen) atoms. The summed E-state index contributed by atoms with van der Waals surface area (Å²) >= 11 is 0. The maximum absolute atomic E-state index is 10.9. The van der Waals surface area contributed by atoms with Gasteiger partial charge in [-0.3, -0.25) is 4.57 Å². The van der Waals surface area contributed by atoms with Gasteiger partial charge in [0.15, 0.2) is 0 Å². The molecule has 4 nitrogen and oxygen atoms in total. The minimum Gasteiger partial charge on any atom is -0.507 e. The zero-order chi connectivity index (χ0) is 29.2. The van der Waals surface area contributed by atoms with Crippen molar-refractivity contribution in [3.05, 3.63) is 28.8 Å². The van der Waals surface area contributed by atoms with Crippen molar-refractivity contribution in [1.29, 1.82) is 0 Å². The van der Waals surface area contributed by atoms with Crippen LogP contribution in [-0.2, 0) is 21.8 Å². The van der Waals surface area contributed by atoms with E-state index < -0.39 is 7.60 Å². The first kappa shape index (κ1) is 37.2. The average molecular weight is 555 g/mol. The predicted octanol–water partition coefficient (Wildman–Crippen LogP) is 10.6. The van der Waals surface area contributed by atoms with Gasteiger partial charge in [0.25, 0.3) is 0 Å². The van der Waals surface area contributed by atoms with Gasteiger partial charge in [0.2, 0.25) is 0 Å². The molecule has 0 saturated carbocycles. The van der Waals surface area contributed by atoms with E-state index in [1.807, 2.05) is 0 Å². The van der Waals surface area contributed by atoms with Gasteiger partial charge in [-0.1, -0.05) is 157 Å². The van der Waals surface area contributed by atoms with E-state index in [-0.39, 0.29) is 10.8 Å². The van der Waals surface area contributed by atoms with Crippen LogP contribution in [0.5, 0.6) is 5.75 Å². The summed E-state index contributed by atoms with van der Waals surface area (Å²) in [7, 11) is -3.64. The van der Waals surface area contributed by atoms with Crippen LogP contribution in [0.25, 0.3) is 0 Å². The number of rotatable bonds is 17. The molecule has 1 rings (SSSR count). The van der Waals surface area contributed by atoms with E-state index in [4.69, 9.17) is 9.79 Å². The van der Waals surface area contributed by atoms with E-state index in [1.165, 1.54) is 108 Å². The summed E-state index contributed by atoms with van der Waals surface area (Å²) in [5, 5.41) is 10.9. The molecule has 0 aliphatic heterocycles. The fourth-order valence-electron chi connectivity index (χ4n) is 4.86. The number of aryl methyl sites for hydroxylation is 1. The van der Waals surface area contributed by atoms with E-state index in [0.29, 0.717) is 5.75 Å². The Bertz CT molecular complexity index is 740. The molecule has 1 aromatic carbocycles. The standard InChI is InChI=1S/C32H58O.CH5O3P/c1-8-9-10-11-12-13-14-15-16-17-18-19-20-21-22-23-24-27-25-28(31(2,3)4)30(33)29(26-27)32(5,6)7;1-5(2,3)4/h25-26,33H,8-24H2,1-7H3;1H3,(H2,2,3,4). The second-order valence-electron chi connectivity index (χ2n) is 13.4. The lowest BCUT2D eigenvalue weighted by atomic mass is 9.78. The Hall–Kier alpha value is -0.830. The van der Waals surface area contributed by atoms with Gasteiger partial charge in [-0.25, -0.2) is 0 Å². The van der Waals surface area contributed by atoms with E-state index in [1.54, 1.807) is 0 Å².